The van der Waals surface area contributed by atoms with Crippen LogP contribution in [-0.4, -0.2) is 28.0 Å². The van der Waals surface area contributed by atoms with Gasteiger partial charge in [0.15, 0.2) is 11.4 Å². The highest BCUT2D eigenvalue weighted by molar-refractivity contribution is 5.95. The van der Waals surface area contributed by atoms with Gasteiger partial charge in [-0.25, -0.2) is 4.98 Å². The zero-order valence-corrected chi connectivity index (χ0v) is 14.5. The van der Waals surface area contributed by atoms with Crippen LogP contribution in [0.25, 0.3) is 0 Å². The third kappa shape index (κ3) is 5.37. The third-order valence-corrected chi connectivity index (χ3v) is 2.90. The SMILES string of the molecule is CCOc1ccc(Nc2cc(F)nc(F)c2)nc1C(=O)NC(C)(C)C. The first-order valence-electron chi connectivity index (χ1n) is 7.74. The second kappa shape index (κ2) is 7.42. The molecule has 0 aliphatic heterocycles. The summed E-state index contributed by atoms with van der Waals surface area (Å²) in [5.74, 6) is -1.76. The average molecular weight is 350 g/mol. The molecule has 0 radical (unpaired) electrons. The first kappa shape index (κ1) is 18.6. The molecule has 6 nitrogen and oxygen atoms in total. The predicted molar refractivity (Wildman–Crippen MR) is 90.1 cm³/mol. The molecular weight excluding hydrogens is 330 g/mol. The predicted octanol–water partition coefficient (Wildman–Crippen LogP) is 3.43. The highest BCUT2D eigenvalue weighted by Crippen LogP contribution is 2.23. The number of pyridine rings is 2. The largest absolute Gasteiger partial charge is 0.491 e. The number of hydrogen-bond donors (Lipinski definition) is 2. The summed E-state index contributed by atoms with van der Waals surface area (Å²) < 4.78 is 31.8. The lowest BCUT2D eigenvalue weighted by Gasteiger charge is -2.21. The average Bonchev–Trinajstić information content (AvgIpc) is 2.46. The Hall–Kier alpha value is -2.77. The van der Waals surface area contributed by atoms with Crippen LogP contribution in [0.2, 0.25) is 0 Å². The summed E-state index contributed by atoms with van der Waals surface area (Å²) in [6.07, 6.45) is 0. The fourth-order valence-electron chi connectivity index (χ4n) is 2.04. The highest BCUT2D eigenvalue weighted by Gasteiger charge is 2.21. The van der Waals surface area contributed by atoms with Gasteiger partial charge in [0.2, 0.25) is 11.9 Å². The Morgan fingerprint density at radius 1 is 1.16 bits per heavy atom. The Bertz CT molecular complexity index is 755. The molecule has 134 valence electrons. The molecule has 1 amide bonds. The summed E-state index contributed by atoms with van der Waals surface area (Å²) in [5, 5.41) is 5.55. The van der Waals surface area contributed by atoms with Crippen molar-refractivity contribution in [3.63, 3.8) is 0 Å². The van der Waals surface area contributed by atoms with Gasteiger partial charge in [-0.1, -0.05) is 0 Å². The maximum absolute atomic E-state index is 13.2. The van der Waals surface area contributed by atoms with E-state index in [0.29, 0.717) is 12.4 Å². The summed E-state index contributed by atoms with van der Waals surface area (Å²) in [7, 11) is 0. The second-order valence-corrected chi connectivity index (χ2v) is 6.31. The van der Waals surface area contributed by atoms with Crippen LogP contribution < -0.4 is 15.4 Å². The molecule has 25 heavy (non-hydrogen) atoms. The molecule has 0 bridgehead atoms. The number of aromatic nitrogens is 2. The summed E-state index contributed by atoms with van der Waals surface area (Å²) in [4.78, 5) is 19.7. The van der Waals surface area contributed by atoms with Crippen LogP contribution in [0.5, 0.6) is 5.75 Å². The van der Waals surface area contributed by atoms with Crippen LogP contribution in [0.4, 0.5) is 20.3 Å². The van der Waals surface area contributed by atoms with E-state index in [1.807, 2.05) is 20.8 Å². The molecule has 2 heterocycles. The fourth-order valence-corrected chi connectivity index (χ4v) is 2.04. The van der Waals surface area contributed by atoms with Gasteiger partial charge in [-0.05, 0) is 39.8 Å². The van der Waals surface area contributed by atoms with Gasteiger partial charge >= 0.3 is 0 Å². The van der Waals surface area contributed by atoms with Gasteiger partial charge in [0.05, 0.1) is 6.61 Å². The standard InChI is InChI=1S/C17H20F2N4O2/c1-5-25-11-6-7-14(20-10-8-12(18)21-13(19)9-10)22-15(11)16(24)23-17(2,3)4/h6-9H,5H2,1-4H3,(H,23,24)(H,20,21,22). The van der Waals surface area contributed by atoms with Crippen LogP contribution in [0.3, 0.4) is 0 Å². The first-order chi connectivity index (χ1) is 11.7. The topological polar surface area (TPSA) is 76.1 Å². The quantitative estimate of drug-likeness (QED) is 0.808. The number of hydrogen-bond acceptors (Lipinski definition) is 5. The number of amides is 1. The van der Waals surface area contributed by atoms with E-state index in [1.165, 1.54) is 0 Å². The lowest BCUT2D eigenvalue weighted by atomic mass is 10.1. The van der Waals surface area contributed by atoms with Gasteiger partial charge in [0, 0.05) is 23.4 Å². The molecule has 2 rings (SSSR count). The molecule has 2 N–H and O–H groups in total. The van der Waals surface area contributed by atoms with E-state index in [0.717, 1.165) is 12.1 Å². The molecule has 8 heteroatoms. The molecule has 2 aromatic heterocycles. The normalized spacial score (nSPS) is 11.1. The van der Waals surface area contributed by atoms with Crippen molar-refractivity contribution >= 4 is 17.4 Å². The van der Waals surface area contributed by atoms with E-state index < -0.39 is 23.3 Å². The Morgan fingerprint density at radius 3 is 2.36 bits per heavy atom. The molecule has 0 spiro atoms. The molecule has 0 saturated heterocycles. The van der Waals surface area contributed by atoms with E-state index in [-0.39, 0.29) is 17.2 Å². The van der Waals surface area contributed by atoms with Crippen molar-refractivity contribution < 1.29 is 18.3 Å². The van der Waals surface area contributed by atoms with E-state index in [1.54, 1.807) is 19.1 Å². The van der Waals surface area contributed by atoms with Gasteiger partial charge in [0.25, 0.3) is 5.91 Å². The van der Waals surface area contributed by atoms with E-state index in [9.17, 15) is 13.6 Å². The lowest BCUT2D eigenvalue weighted by molar-refractivity contribution is 0.0910. The smallest absolute Gasteiger partial charge is 0.274 e. The zero-order chi connectivity index (χ0) is 18.6. The number of nitrogens with one attached hydrogen (secondary N) is 2. The summed E-state index contributed by atoms with van der Waals surface area (Å²) >= 11 is 0. The number of carbonyl (C=O) groups excluding carboxylic acids is 1. The van der Waals surface area contributed by atoms with Crippen molar-refractivity contribution in [3.05, 3.63) is 41.9 Å². The maximum atomic E-state index is 13.2. The Balaban J connectivity index is 2.34. The molecule has 0 aliphatic carbocycles. The number of nitrogens with zero attached hydrogens (tertiary/aromatic N) is 2. The first-order valence-corrected chi connectivity index (χ1v) is 7.74. The van der Waals surface area contributed by atoms with E-state index in [2.05, 4.69) is 20.6 Å². The van der Waals surface area contributed by atoms with E-state index in [4.69, 9.17) is 4.74 Å². The van der Waals surface area contributed by atoms with Crippen molar-refractivity contribution in [1.82, 2.24) is 15.3 Å². The third-order valence-electron chi connectivity index (χ3n) is 2.90. The molecule has 0 atom stereocenters. The molecule has 0 aliphatic rings. The number of carbonyl (C=O) groups is 1. The van der Waals surface area contributed by atoms with Crippen LogP contribution >= 0.6 is 0 Å². The minimum absolute atomic E-state index is 0.0803. The van der Waals surface area contributed by atoms with E-state index >= 15 is 0 Å². The lowest BCUT2D eigenvalue weighted by Crippen LogP contribution is -2.41. The number of anilines is 2. The minimum Gasteiger partial charge on any atom is -0.491 e. The van der Waals surface area contributed by atoms with Gasteiger partial charge < -0.3 is 15.4 Å². The molecule has 0 saturated carbocycles. The molecule has 0 fully saturated rings. The minimum atomic E-state index is -0.959. The summed E-state index contributed by atoms with van der Waals surface area (Å²) in [5.41, 5.74) is -0.246. The van der Waals surface area contributed by atoms with Crippen LogP contribution in [-0.2, 0) is 0 Å². The van der Waals surface area contributed by atoms with Crippen molar-refractivity contribution in [3.8, 4) is 5.75 Å². The summed E-state index contributed by atoms with van der Waals surface area (Å²) in [6, 6.07) is 5.17. The fraction of sp³-hybridized carbons (Fsp3) is 0.353. The van der Waals surface area contributed by atoms with Crippen molar-refractivity contribution in [2.75, 3.05) is 11.9 Å². The van der Waals surface area contributed by atoms with Gasteiger partial charge in [-0.3, -0.25) is 4.79 Å². The van der Waals surface area contributed by atoms with Gasteiger partial charge in [-0.15, -0.1) is 0 Å². The number of rotatable bonds is 5. The number of halogens is 2. The number of ether oxygens (including phenoxy) is 1. The van der Waals surface area contributed by atoms with Crippen molar-refractivity contribution in [1.29, 1.82) is 0 Å². The molecular formula is C17H20F2N4O2. The second-order valence-electron chi connectivity index (χ2n) is 6.31. The van der Waals surface area contributed by atoms with Crippen molar-refractivity contribution in [2.24, 2.45) is 0 Å². The Labute approximate surface area is 144 Å². The van der Waals surface area contributed by atoms with Gasteiger partial charge in [0.1, 0.15) is 5.82 Å². The maximum Gasteiger partial charge on any atom is 0.274 e. The molecule has 0 aromatic carbocycles. The van der Waals surface area contributed by atoms with Crippen LogP contribution in [0, 0.1) is 11.9 Å². The Morgan fingerprint density at radius 2 is 1.80 bits per heavy atom. The Kier molecular flexibility index (Phi) is 5.51. The zero-order valence-electron chi connectivity index (χ0n) is 14.5. The van der Waals surface area contributed by atoms with Gasteiger partial charge in [-0.2, -0.15) is 13.8 Å². The van der Waals surface area contributed by atoms with Crippen LogP contribution in [0.15, 0.2) is 24.3 Å². The van der Waals surface area contributed by atoms with Crippen molar-refractivity contribution in [2.45, 2.75) is 33.2 Å². The highest BCUT2D eigenvalue weighted by atomic mass is 19.1. The van der Waals surface area contributed by atoms with Crippen LogP contribution in [0.1, 0.15) is 38.2 Å². The monoisotopic (exact) mass is 350 g/mol. The molecule has 0 unspecified atom stereocenters. The molecule has 2 aromatic rings. The summed E-state index contributed by atoms with van der Waals surface area (Å²) in [6.45, 7) is 7.69.